The molecule has 0 radical (unpaired) electrons. The quantitative estimate of drug-likeness (QED) is 0.821. The van der Waals surface area contributed by atoms with Gasteiger partial charge in [-0.15, -0.1) is 0 Å². The van der Waals surface area contributed by atoms with Crippen LogP contribution < -0.4 is 0 Å². The second kappa shape index (κ2) is 5.99. The van der Waals surface area contributed by atoms with Gasteiger partial charge in [0.1, 0.15) is 5.92 Å². The Hall–Kier alpha value is -1.30. The van der Waals surface area contributed by atoms with Gasteiger partial charge >= 0.3 is 12.0 Å². The van der Waals surface area contributed by atoms with Crippen LogP contribution >= 0.6 is 0 Å². The molecule has 4 atom stereocenters. The molecule has 0 aromatic heterocycles. The van der Waals surface area contributed by atoms with Gasteiger partial charge in [-0.1, -0.05) is 6.92 Å². The standard InChI is InChI=1S/C14H24N2O4/c1-4-16(12-8-20-7-11(12)13(17)18)14(19)15(3)6-10-5-9(10)2/h9-12H,4-8H2,1-3H3,(H,17,18). The van der Waals surface area contributed by atoms with E-state index in [1.54, 1.807) is 16.8 Å². The highest BCUT2D eigenvalue weighted by atomic mass is 16.5. The summed E-state index contributed by atoms with van der Waals surface area (Å²) in [6, 6.07) is -0.447. The van der Waals surface area contributed by atoms with E-state index < -0.39 is 11.9 Å². The van der Waals surface area contributed by atoms with E-state index in [2.05, 4.69) is 6.92 Å². The summed E-state index contributed by atoms with van der Waals surface area (Å²) in [4.78, 5) is 27.1. The van der Waals surface area contributed by atoms with Gasteiger partial charge in [0, 0.05) is 20.1 Å². The smallest absolute Gasteiger partial charge is 0.320 e. The molecule has 0 spiro atoms. The minimum Gasteiger partial charge on any atom is -0.481 e. The molecule has 2 amide bonds. The second-order valence-electron chi connectivity index (χ2n) is 5.97. The number of urea groups is 1. The van der Waals surface area contributed by atoms with Gasteiger partial charge in [-0.2, -0.15) is 0 Å². The number of likely N-dealkylation sites (N-methyl/N-ethyl adjacent to an activating group) is 1. The van der Waals surface area contributed by atoms with Crippen molar-refractivity contribution in [3.8, 4) is 0 Å². The van der Waals surface area contributed by atoms with Gasteiger partial charge in [-0.05, 0) is 25.2 Å². The van der Waals surface area contributed by atoms with E-state index in [-0.39, 0.29) is 18.7 Å². The lowest BCUT2D eigenvalue weighted by atomic mass is 10.0. The Morgan fingerprint density at radius 1 is 1.35 bits per heavy atom. The third-order valence-electron chi connectivity index (χ3n) is 4.47. The van der Waals surface area contributed by atoms with Crippen LogP contribution in [-0.4, -0.2) is 66.3 Å². The van der Waals surface area contributed by atoms with Gasteiger partial charge in [-0.25, -0.2) is 4.79 Å². The summed E-state index contributed by atoms with van der Waals surface area (Å²) in [5.41, 5.74) is 0. The van der Waals surface area contributed by atoms with Crippen molar-refractivity contribution in [2.24, 2.45) is 17.8 Å². The summed E-state index contributed by atoms with van der Waals surface area (Å²) in [5.74, 6) is -0.218. The summed E-state index contributed by atoms with van der Waals surface area (Å²) < 4.78 is 5.26. The maximum Gasteiger partial charge on any atom is 0.320 e. The van der Waals surface area contributed by atoms with Crippen LogP contribution in [0.15, 0.2) is 0 Å². The van der Waals surface area contributed by atoms with Crippen LogP contribution in [0.1, 0.15) is 20.3 Å². The van der Waals surface area contributed by atoms with Crippen LogP contribution in [-0.2, 0) is 9.53 Å². The number of ether oxygens (including phenoxy) is 1. The van der Waals surface area contributed by atoms with Gasteiger partial charge in [0.25, 0.3) is 0 Å². The number of carboxylic acids is 1. The van der Waals surface area contributed by atoms with Crippen molar-refractivity contribution in [3.05, 3.63) is 0 Å². The Kier molecular flexibility index (Phi) is 4.52. The van der Waals surface area contributed by atoms with Crippen molar-refractivity contribution in [1.82, 2.24) is 9.80 Å². The first-order valence-electron chi connectivity index (χ1n) is 7.28. The number of hydrogen-bond donors (Lipinski definition) is 1. The van der Waals surface area contributed by atoms with E-state index in [1.165, 1.54) is 6.42 Å². The molecule has 6 nitrogen and oxygen atoms in total. The monoisotopic (exact) mass is 284 g/mol. The minimum atomic E-state index is -0.891. The third-order valence-corrected chi connectivity index (χ3v) is 4.47. The summed E-state index contributed by atoms with van der Waals surface area (Å²) >= 11 is 0. The molecule has 0 bridgehead atoms. The molecule has 20 heavy (non-hydrogen) atoms. The molecule has 0 aromatic carbocycles. The molecule has 114 valence electrons. The molecule has 1 aliphatic heterocycles. The van der Waals surface area contributed by atoms with Gasteiger partial charge in [0.2, 0.25) is 0 Å². The van der Waals surface area contributed by atoms with Gasteiger partial charge < -0.3 is 19.6 Å². The highest BCUT2D eigenvalue weighted by Gasteiger charge is 2.41. The SMILES string of the molecule is CCN(C(=O)N(C)CC1CC1C)C1COCC1C(=O)O. The fraction of sp³-hybridized carbons (Fsp3) is 0.857. The molecular formula is C14H24N2O4. The van der Waals surface area contributed by atoms with E-state index in [9.17, 15) is 14.7 Å². The van der Waals surface area contributed by atoms with Crippen LogP contribution in [0.4, 0.5) is 4.79 Å². The number of carbonyl (C=O) groups is 2. The zero-order valence-electron chi connectivity index (χ0n) is 12.4. The zero-order valence-corrected chi connectivity index (χ0v) is 12.4. The maximum absolute atomic E-state index is 12.5. The molecular weight excluding hydrogens is 260 g/mol. The molecule has 1 aliphatic carbocycles. The largest absolute Gasteiger partial charge is 0.481 e. The Labute approximate surface area is 119 Å². The predicted octanol–water partition coefficient (Wildman–Crippen LogP) is 1.12. The van der Waals surface area contributed by atoms with Crippen LogP contribution in [0.3, 0.4) is 0 Å². The number of amides is 2. The van der Waals surface area contributed by atoms with Gasteiger partial charge in [0.15, 0.2) is 0 Å². The Balaban J connectivity index is 1.99. The maximum atomic E-state index is 12.5. The lowest BCUT2D eigenvalue weighted by Gasteiger charge is -2.33. The normalized spacial score (nSPS) is 31.9. The third kappa shape index (κ3) is 3.06. The van der Waals surface area contributed by atoms with Crippen molar-refractivity contribution in [2.45, 2.75) is 26.3 Å². The van der Waals surface area contributed by atoms with E-state index >= 15 is 0 Å². The summed E-state index contributed by atoms with van der Waals surface area (Å²) in [6.45, 7) is 5.81. The number of hydrogen-bond acceptors (Lipinski definition) is 3. The lowest BCUT2D eigenvalue weighted by Crippen LogP contribution is -2.51. The van der Waals surface area contributed by atoms with E-state index in [4.69, 9.17) is 4.74 Å². The molecule has 2 fully saturated rings. The van der Waals surface area contributed by atoms with E-state index in [0.717, 1.165) is 6.54 Å². The van der Waals surface area contributed by atoms with Gasteiger partial charge in [-0.3, -0.25) is 4.79 Å². The van der Waals surface area contributed by atoms with Crippen LogP contribution in [0.25, 0.3) is 0 Å². The first kappa shape index (κ1) is 15.1. The fourth-order valence-electron chi connectivity index (χ4n) is 2.90. The summed E-state index contributed by atoms with van der Waals surface area (Å²) in [5, 5.41) is 9.21. The average Bonchev–Trinajstić information content (AvgIpc) is 2.91. The summed E-state index contributed by atoms with van der Waals surface area (Å²) in [6.07, 6.45) is 1.17. The average molecular weight is 284 g/mol. The Bertz CT molecular complexity index is 387. The fourth-order valence-corrected chi connectivity index (χ4v) is 2.90. The molecule has 2 aliphatic rings. The molecule has 1 heterocycles. The van der Waals surface area contributed by atoms with E-state index in [0.29, 0.717) is 25.0 Å². The number of rotatable bonds is 5. The van der Waals surface area contributed by atoms with Crippen LogP contribution in [0.2, 0.25) is 0 Å². The Morgan fingerprint density at radius 3 is 2.50 bits per heavy atom. The van der Waals surface area contributed by atoms with Crippen LogP contribution in [0.5, 0.6) is 0 Å². The molecule has 1 saturated carbocycles. The lowest BCUT2D eigenvalue weighted by molar-refractivity contribution is -0.142. The minimum absolute atomic E-state index is 0.0895. The molecule has 0 aromatic rings. The first-order valence-corrected chi connectivity index (χ1v) is 7.28. The van der Waals surface area contributed by atoms with Crippen molar-refractivity contribution in [2.75, 3.05) is 33.4 Å². The highest BCUT2D eigenvalue weighted by Crippen LogP contribution is 2.38. The van der Waals surface area contributed by atoms with Crippen molar-refractivity contribution in [1.29, 1.82) is 0 Å². The number of carboxylic acid groups (broad SMARTS) is 1. The van der Waals surface area contributed by atoms with E-state index in [1.807, 2.05) is 6.92 Å². The molecule has 6 heteroatoms. The number of carbonyl (C=O) groups excluding carboxylic acids is 1. The van der Waals surface area contributed by atoms with Gasteiger partial charge in [0.05, 0.1) is 19.3 Å². The highest BCUT2D eigenvalue weighted by molar-refractivity contribution is 5.77. The number of nitrogens with zero attached hydrogens (tertiary/aromatic N) is 2. The van der Waals surface area contributed by atoms with Crippen LogP contribution in [0, 0.1) is 17.8 Å². The predicted molar refractivity (Wildman–Crippen MR) is 73.4 cm³/mol. The summed E-state index contributed by atoms with van der Waals surface area (Å²) in [7, 11) is 1.79. The second-order valence-corrected chi connectivity index (χ2v) is 5.97. The molecule has 4 unspecified atom stereocenters. The Morgan fingerprint density at radius 2 is 2.00 bits per heavy atom. The number of aliphatic carboxylic acids is 1. The molecule has 1 N–H and O–H groups in total. The topological polar surface area (TPSA) is 70.1 Å². The van der Waals surface area contributed by atoms with Crippen molar-refractivity contribution >= 4 is 12.0 Å². The zero-order chi connectivity index (χ0) is 14.9. The molecule has 1 saturated heterocycles. The molecule has 2 rings (SSSR count). The van der Waals surface area contributed by atoms with Crippen molar-refractivity contribution < 1.29 is 19.4 Å². The first-order chi connectivity index (χ1) is 9.45. The van der Waals surface area contributed by atoms with Crippen molar-refractivity contribution in [3.63, 3.8) is 0 Å².